The number of aromatic nitrogens is 2. The molecule has 2 aromatic rings. The van der Waals surface area contributed by atoms with E-state index in [-0.39, 0.29) is 0 Å². The Kier molecular flexibility index (Phi) is 4.04. The fraction of sp³-hybridized carbons (Fsp3) is 0.308. The number of aryl methyl sites for hydroxylation is 1. The molecule has 0 aliphatic heterocycles. The standard InChI is InChI=1S/C13H15ClN2O/c1-11-15-6-7-16(11)10-12-3-2-4-13(9-12)17-8-5-14/h2-4,6-7,9H,5,8,10H2,1H3. The number of rotatable bonds is 5. The van der Waals surface area contributed by atoms with Gasteiger partial charge in [-0.1, -0.05) is 12.1 Å². The minimum Gasteiger partial charge on any atom is -0.492 e. The highest BCUT2D eigenvalue weighted by Gasteiger charge is 2.00. The van der Waals surface area contributed by atoms with Crippen LogP contribution in [0.25, 0.3) is 0 Å². The third kappa shape index (κ3) is 3.24. The zero-order valence-corrected chi connectivity index (χ0v) is 10.5. The first kappa shape index (κ1) is 12.0. The van der Waals surface area contributed by atoms with E-state index in [0.717, 1.165) is 18.1 Å². The van der Waals surface area contributed by atoms with E-state index in [2.05, 4.69) is 15.6 Å². The van der Waals surface area contributed by atoms with E-state index in [1.165, 1.54) is 5.56 Å². The van der Waals surface area contributed by atoms with Gasteiger partial charge in [0.25, 0.3) is 0 Å². The first-order chi connectivity index (χ1) is 8.29. The van der Waals surface area contributed by atoms with E-state index in [0.29, 0.717) is 12.5 Å². The van der Waals surface area contributed by atoms with Gasteiger partial charge in [0.2, 0.25) is 0 Å². The summed E-state index contributed by atoms with van der Waals surface area (Å²) in [4.78, 5) is 4.20. The Hall–Kier alpha value is -1.48. The summed E-state index contributed by atoms with van der Waals surface area (Å²) in [7, 11) is 0. The van der Waals surface area contributed by atoms with Crippen molar-refractivity contribution in [3.05, 3.63) is 48.0 Å². The Morgan fingerprint density at radius 1 is 1.41 bits per heavy atom. The largest absolute Gasteiger partial charge is 0.492 e. The summed E-state index contributed by atoms with van der Waals surface area (Å²) in [6, 6.07) is 8.04. The SMILES string of the molecule is Cc1nccn1Cc1cccc(OCCCl)c1. The van der Waals surface area contributed by atoms with Crippen molar-refractivity contribution in [2.24, 2.45) is 0 Å². The zero-order valence-electron chi connectivity index (χ0n) is 9.77. The van der Waals surface area contributed by atoms with Gasteiger partial charge in [-0.3, -0.25) is 0 Å². The molecule has 0 aliphatic carbocycles. The molecular weight excluding hydrogens is 236 g/mol. The predicted molar refractivity (Wildman–Crippen MR) is 68.7 cm³/mol. The third-order valence-corrected chi connectivity index (χ3v) is 2.68. The van der Waals surface area contributed by atoms with Gasteiger partial charge in [0.15, 0.2) is 0 Å². The van der Waals surface area contributed by atoms with Crippen LogP contribution in [-0.4, -0.2) is 22.0 Å². The molecule has 0 radical (unpaired) electrons. The Balaban J connectivity index is 2.08. The highest BCUT2D eigenvalue weighted by Crippen LogP contribution is 2.14. The molecule has 0 spiro atoms. The van der Waals surface area contributed by atoms with Crippen LogP contribution in [0.1, 0.15) is 11.4 Å². The second-order valence-corrected chi connectivity index (χ2v) is 4.17. The summed E-state index contributed by atoms with van der Waals surface area (Å²) in [5.74, 6) is 2.38. The molecular formula is C13H15ClN2O. The molecule has 0 N–H and O–H groups in total. The molecule has 4 heteroatoms. The van der Waals surface area contributed by atoms with Crippen LogP contribution >= 0.6 is 11.6 Å². The molecule has 1 aromatic carbocycles. The number of alkyl halides is 1. The van der Waals surface area contributed by atoms with Crippen LogP contribution in [0.4, 0.5) is 0 Å². The first-order valence-electron chi connectivity index (χ1n) is 5.55. The van der Waals surface area contributed by atoms with E-state index >= 15 is 0 Å². The van der Waals surface area contributed by atoms with Gasteiger partial charge < -0.3 is 9.30 Å². The molecule has 0 unspecified atom stereocenters. The highest BCUT2D eigenvalue weighted by atomic mass is 35.5. The number of benzene rings is 1. The maximum Gasteiger partial charge on any atom is 0.119 e. The van der Waals surface area contributed by atoms with Crippen LogP contribution in [0.3, 0.4) is 0 Å². The van der Waals surface area contributed by atoms with Crippen molar-refractivity contribution >= 4 is 11.6 Å². The summed E-state index contributed by atoms with van der Waals surface area (Å²) in [6.45, 7) is 3.34. The van der Waals surface area contributed by atoms with Crippen molar-refractivity contribution < 1.29 is 4.74 Å². The van der Waals surface area contributed by atoms with Gasteiger partial charge in [0.1, 0.15) is 18.2 Å². The average Bonchev–Trinajstić information content (AvgIpc) is 2.73. The summed E-state index contributed by atoms with van der Waals surface area (Å²) >= 11 is 5.59. The van der Waals surface area contributed by atoms with Gasteiger partial charge in [-0.05, 0) is 24.6 Å². The summed E-state index contributed by atoms with van der Waals surface area (Å²) in [5.41, 5.74) is 1.19. The average molecular weight is 251 g/mol. The van der Waals surface area contributed by atoms with Crippen LogP contribution < -0.4 is 4.74 Å². The topological polar surface area (TPSA) is 27.1 Å². The third-order valence-electron chi connectivity index (χ3n) is 2.52. The maximum absolute atomic E-state index is 5.59. The van der Waals surface area contributed by atoms with Gasteiger partial charge in [0, 0.05) is 18.9 Å². The molecule has 2 rings (SSSR count). The molecule has 3 nitrogen and oxygen atoms in total. The maximum atomic E-state index is 5.59. The number of nitrogens with zero attached hydrogens (tertiary/aromatic N) is 2. The minimum atomic E-state index is 0.505. The van der Waals surface area contributed by atoms with Crippen LogP contribution in [0.2, 0.25) is 0 Å². The summed E-state index contributed by atoms with van der Waals surface area (Å²) in [5, 5.41) is 0. The quantitative estimate of drug-likeness (QED) is 0.763. The van der Waals surface area contributed by atoms with E-state index in [1.54, 1.807) is 0 Å². The fourth-order valence-corrected chi connectivity index (χ4v) is 1.73. The number of halogens is 1. The van der Waals surface area contributed by atoms with Crippen molar-refractivity contribution in [2.45, 2.75) is 13.5 Å². The Labute approximate surface area is 106 Å². The molecule has 0 fully saturated rings. The molecule has 0 atom stereocenters. The van der Waals surface area contributed by atoms with Gasteiger partial charge >= 0.3 is 0 Å². The first-order valence-corrected chi connectivity index (χ1v) is 6.08. The van der Waals surface area contributed by atoms with Gasteiger partial charge in [-0.25, -0.2) is 4.98 Å². The number of imidazole rings is 1. The molecule has 90 valence electrons. The fourth-order valence-electron chi connectivity index (χ4n) is 1.66. The second-order valence-electron chi connectivity index (χ2n) is 3.79. The Bertz CT molecular complexity index is 482. The van der Waals surface area contributed by atoms with E-state index in [4.69, 9.17) is 16.3 Å². The number of hydrogen-bond donors (Lipinski definition) is 0. The van der Waals surface area contributed by atoms with Crippen molar-refractivity contribution in [2.75, 3.05) is 12.5 Å². The second kappa shape index (κ2) is 5.73. The highest BCUT2D eigenvalue weighted by molar-refractivity contribution is 6.17. The molecule has 1 heterocycles. The van der Waals surface area contributed by atoms with Crippen molar-refractivity contribution in [1.82, 2.24) is 9.55 Å². The van der Waals surface area contributed by atoms with E-state index in [9.17, 15) is 0 Å². The van der Waals surface area contributed by atoms with Crippen LogP contribution in [0, 0.1) is 6.92 Å². The van der Waals surface area contributed by atoms with Crippen LogP contribution in [0.5, 0.6) is 5.75 Å². The van der Waals surface area contributed by atoms with Crippen LogP contribution in [0.15, 0.2) is 36.7 Å². The molecule has 0 aliphatic rings. The molecule has 0 amide bonds. The van der Waals surface area contributed by atoms with Gasteiger partial charge in [0.05, 0.1) is 5.88 Å². The molecule has 17 heavy (non-hydrogen) atoms. The smallest absolute Gasteiger partial charge is 0.119 e. The number of ether oxygens (including phenoxy) is 1. The molecule has 0 bridgehead atoms. The molecule has 0 saturated heterocycles. The van der Waals surface area contributed by atoms with E-state index < -0.39 is 0 Å². The molecule has 0 saturated carbocycles. The molecule has 1 aromatic heterocycles. The number of hydrogen-bond acceptors (Lipinski definition) is 2. The van der Waals surface area contributed by atoms with Crippen molar-refractivity contribution in [3.63, 3.8) is 0 Å². The van der Waals surface area contributed by atoms with Crippen LogP contribution in [-0.2, 0) is 6.54 Å². The van der Waals surface area contributed by atoms with E-state index in [1.807, 2.05) is 37.5 Å². The van der Waals surface area contributed by atoms with Gasteiger partial charge in [-0.2, -0.15) is 0 Å². The zero-order chi connectivity index (χ0) is 12.1. The predicted octanol–water partition coefficient (Wildman–Crippen LogP) is 2.86. The monoisotopic (exact) mass is 250 g/mol. The Morgan fingerprint density at radius 3 is 3.00 bits per heavy atom. The summed E-state index contributed by atoms with van der Waals surface area (Å²) in [6.07, 6.45) is 3.78. The van der Waals surface area contributed by atoms with Crippen molar-refractivity contribution in [3.8, 4) is 5.75 Å². The summed E-state index contributed by atoms with van der Waals surface area (Å²) < 4.78 is 7.59. The lowest BCUT2D eigenvalue weighted by molar-refractivity contribution is 0.342. The van der Waals surface area contributed by atoms with Crippen molar-refractivity contribution in [1.29, 1.82) is 0 Å². The lowest BCUT2D eigenvalue weighted by atomic mass is 10.2. The lowest BCUT2D eigenvalue weighted by Crippen LogP contribution is -2.02. The lowest BCUT2D eigenvalue weighted by Gasteiger charge is -2.08. The van der Waals surface area contributed by atoms with Gasteiger partial charge in [-0.15, -0.1) is 11.6 Å². The normalized spacial score (nSPS) is 10.5. The Morgan fingerprint density at radius 2 is 2.29 bits per heavy atom. The minimum absolute atomic E-state index is 0.505.